The predicted octanol–water partition coefficient (Wildman–Crippen LogP) is 0.924. The van der Waals surface area contributed by atoms with Crippen LogP contribution in [0.4, 0.5) is 0 Å². The first-order valence-electron chi connectivity index (χ1n) is 4.36. The molecule has 14 heavy (non-hydrogen) atoms. The molecule has 1 aromatic carbocycles. The first kappa shape index (κ1) is 9.02. The molecule has 0 radical (unpaired) electrons. The molecule has 4 heteroatoms. The highest BCUT2D eigenvalue weighted by molar-refractivity contribution is 5.77. The lowest BCUT2D eigenvalue weighted by Crippen LogP contribution is -2.21. The predicted molar refractivity (Wildman–Crippen MR) is 50.2 cm³/mol. The first-order valence-corrected chi connectivity index (χ1v) is 4.36. The second-order valence-corrected chi connectivity index (χ2v) is 3.18. The molecule has 0 fully saturated rings. The fraction of sp³-hybridized carbons (Fsp3) is 0.300. The fourth-order valence-electron chi connectivity index (χ4n) is 1.77. The van der Waals surface area contributed by atoms with Crippen LogP contribution in [-0.4, -0.2) is 18.2 Å². The van der Waals surface area contributed by atoms with Crippen LogP contribution in [0.3, 0.4) is 0 Å². The molecule has 2 N–H and O–H groups in total. The van der Waals surface area contributed by atoms with Gasteiger partial charge in [-0.3, -0.25) is 10.1 Å². The molecule has 1 heterocycles. The number of aliphatic carboxylic acids is 1. The summed E-state index contributed by atoms with van der Waals surface area (Å²) in [6.45, 7) is 0.552. The number of ether oxygens (including phenoxy) is 1. The zero-order chi connectivity index (χ0) is 10.1. The number of nitrogens with one attached hydrogen (secondary N) is 1. The molecule has 0 amide bonds. The topological polar surface area (TPSA) is 58.6 Å². The van der Waals surface area contributed by atoms with E-state index in [1.54, 1.807) is 13.2 Å². The standard InChI is InChI=1S/C10H11NO3/c1-14-8-4-2-3-6-7(8)5-11-9(6)10(12)13/h2-4,9,11H,5H2,1H3,(H,12,13)/t9-/m0/s1. The summed E-state index contributed by atoms with van der Waals surface area (Å²) in [5.41, 5.74) is 1.75. The van der Waals surface area contributed by atoms with Crippen LogP contribution in [0.15, 0.2) is 18.2 Å². The molecule has 1 atom stereocenters. The summed E-state index contributed by atoms with van der Waals surface area (Å²) in [5, 5.41) is 11.8. The quantitative estimate of drug-likeness (QED) is 0.733. The van der Waals surface area contributed by atoms with Gasteiger partial charge in [0.05, 0.1) is 7.11 Å². The van der Waals surface area contributed by atoms with Crippen molar-refractivity contribution in [1.29, 1.82) is 0 Å². The second-order valence-electron chi connectivity index (χ2n) is 3.18. The molecule has 4 nitrogen and oxygen atoms in total. The van der Waals surface area contributed by atoms with Gasteiger partial charge in [0.25, 0.3) is 0 Å². The van der Waals surface area contributed by atoms with Crippen molar-refractivity contribution in [3.8, 4) is 5.75 Å². The van der Waals surface area contributed by atoms with Crippen LogP contribution in [-0.2, 0) is 11.3 Å². The van der Waals surface area contributed by atoms with E-state index in [2.05, 4.69) is 5.32 Å². The van der Waals surface area contributed by atoms with Crippen LogP contribution in [0.5, 0.6) is 5.75 Å². The van der Waals surface area contributed by atoms with Crippen LogP contribution in [0, 0.1) is 0 Å². The van der Waals surface area contributed by atoms with Gasteiger partial charge in [-0.25, -0.2) is 0 Å². The number of fused-ring (bicyclic) bond motifs is 1. The third-order valence-corrected chi connectivity index (χ3v) is 2.43. The number of rotatable bonds is 2. The van der Waals surface area contributed by atoms with Crippen molar-refractivity contribution in [2.24, 2.45) is 0 Å². The number of methoxy groups -OCH3 is 1. The van der Waals surface area contributed by atoms with E-state index < -0.39 is 12.0 Å². The van der Waals surface area contributed by atoms with Gasteiger partial charge < -0.3 is 9.84 Å². The highest BCUT2D eigenvalue weighted by atomic mass is 16.5. The van der Waals surface area contributed by atoms with E-state index in [4.69, 9.17) is 9.84 Å². The molecule has 0 bridgehead atoms. The molecule has 0 saturated carbocycles. The summed E-state index contributed by atoms with van der Waals surface area (Å²) in [7, 11) is 1.59. The normalized spacial score (nSPS) is 19.1. The van der Waals surface area contributed by atoms with Crippen LogP contribution < -0.4 is 10.1 Å². The molecular formula is C10H11NO3. The Morgan fingerprint density at radius 1 is 1.64 bits per heavy atom. The van der Waals surface area contributed by atoms with Gasteiger partial charge in [0.1, 0.15) is 11.8 Å². The molecule has 0 saturated heterocycles. The van der Waals surface area contributed by atoms with Gasteiger partial charge >= 0.3 is 5.97 Å². The van der Waals surface area contributed by atoms with E-state index in [9.17, 15) is 4.79 Å². The molecule has 1 aliphatic rings. The maximum atomic E-state index is 10.9. The molecule has 0 aliphatic carbocycles. The third kappa shape index (κ3) is 1.24. The third-order valence-electron chi connectivity index (χ3n) is 2.43. The minimum absolute atomic E-state index is 0.552. The zero-order valence-corrected chi connectivity index (χ0v) is 7.78. The molecule has 0 aromatic heterocycles. The number of carboxylic acids is 1. The summed E-state index contributed by atoms with van der Waals surface area (Å²) in [4.78, 5) is 10.9. The van der Waals surface area contributed by atoms with Crippen LogP contribution >= 0.6 is 0 Å². The fourth-order valence-corrected chi connectivity index (χ4v) is 1.77. The van der Waals surface area contributed by atoms with Gasteiger partial charge in [-0.15, -0.1) is 0 Å². The lowest BCUT2D eigenvalue weighted by atomic mass is 10.0. The molecule has 0 spiro atoms. The Bertz CT molecular complexity index is 376. The minimum atomic E-state index is -0.850. The van der Waals surface area contributed by atoms with E-state index in [-0.39, 0.29) is 0 Å². The summed E-state index contributed by atoms with van der Waals surface area (Å²) < 4.78 is 5.15. The first-order chi connectivity index (χ1) is 6.74. The Morgan fingerprint density at radius 2 is 2.43 bits per heavy atom. The average Bonchev–Trinajstić information content (AvgIpc) is 2.60. The summed E-state index contributed by atoms with van der Waals surface area (Å²) in [5.74, 6) is -0.101. The molecule has 74 valence electrons. The van der Waals surface area contributed by atoms with Crippen molar-refractivity contribution >= 4 is 5.97 Å². The van der Waals surface area contributed by atoms with Crippen molar-refractivity contribution in [3.05, 3.63) is 29.3 Å². The van der Waals surface area contributed by atoms with Crippen molar-refractivity contribution in [1.82, 2.24) is 5.32 Å². The van der Waals surface area contributed by atoms with Crippen molar-refractivity contribution in [3.63, 3.8) is 0 Å². The van der Waals surface area contributed by atoms with Gasteiger partial charge in [0, 0.05) is 12.1 Å². The molecule has 1 aliphatic heterocycles. The maximum absolute atomic E-state index is 10.9. The Labute approximate surface area is 81.5 Å². The number of hydrogen-bond acceptors (Lipinski definition) is 3. The lowest BCUT2D eigenvalue weighted by molar-refractivity contribution is -0.139. The molecule has 0 unspecified atom stereocenters. The van der Waals surface area contributed by atoms with Gasteiger partial charge in [-0.2, -0.15) is 0 Å². The van der Waals surface area contributed by atoms with E-state index in [0.29, 0.717) is 6.54 Å². The van der Waals surface area contributed by atoms with E-state index >= 15 is 0 Å². The second kappa shape index (κ2) is 3.31. The van der Waals surface area contributed by atoms with E-state index in [1.807, 2.05) is 12.1 Å². The average molecular weight is 193 g/mol. The van der Waals surface area contributed by atoms with Crippen molar-refractivity contribution in [2.45, 2.75) is 12.6 Å². The van der Waals surface area contributed by atoms with Gasteiger partial charge in [-0.05, 0) is 11.6 Å². The SMILES string of the molecule is COc1cccc2c1CN[C@@H]2C(=O)O. The summed E-state index contributed by atoms with van der Waals surface area (Å²) in [6.07, 6.45) is 0. The minimum Gasteiger partial charge on any atom is -0.496 e. The number of carboxylic acid groups (broad SMARTS) is 1. The zero-order valence-electron chi connectivity index (χ0n) is 7.78. The van der Waals surface area contributed by atoms with Crippen LogP contribution in [0.1, 0.15) is 17.2 Å². The largest absolute Gasteiger partial charge is 0.496 e. The summed E-state index contributed by atoms with van der Waals surface area (Å²) in [6, 6.07) is 4.86. The van der Waals surface area contributed by atoms with Crippen LogP contribution in [0.2, 0.25) is 0 Å². The summed E-state index contributed by atoms with van der Waals surface area (Å²) >= 11 is 0. The van der Waals surface area contributed by atoms with E-state index in [0.717, 1.165) is 16.9 Å². The van der Waals surface area contributed by atoms with Crippen molar-refractivity contribution in [2.75, 3.05) is 7.11 Å². The van der Waals surface area contributed by atoms with E-state index in [1.165, 1.54) is 0 Å². The highest BCUT2D eigenvalue weighted by Crippen LogP contribution is 2.32. The Hall–Kier alpha value is -1.55. The highest BCUT2D eigenvalue weighted by Gasteiger charge is 2.29. The molecular weight excluding hydrogens is 182 g/mol. The van der Waals surface area contributed by atoms with Crippen LogP contribution in [0.25, 0.3) is 0 Å². The Balaban J connectivity index is 2.46. The number of carbonyl (C=O) groups is 1. The monoisotopic (exact) mass is 193 g/mol. The number of benzene rings is 1. The smallest absolute Gasteiger partial charge is 0.325 e. The molecule has 2 rings (SSSR count). The van der Waals surface area contributed by atoms with Gasteiger partial charge in [0.2, 0.25) is 0 Å². The Kier molecular flexibility index (Phi) is 2.13. The van der Waals surface area contributed by atoms with Gasteiger partial charge in [0.15, 0.2) is 0 Å². The Morgan fingerprint density at radius 3 is 3.07 bits per heavy atom. The number of hydrogen-bond donors (Lipinski definition) is 2. The van der Waals surface area contributed by atoms with Crippen molar-refractivity contribution < 1.29 is 14.6 Å². The van der Waals surface area contributed by atoms with Gasteiger partial charge in [-0.1, -0.05) is 12.1 Å². The lowest BCUT2D eigenvalue weighted by Gasteiger charge is -2.07. The molecule has 1 aromatic rings. The maximum Gasteiger partial charge on any atom is 0.325 e.